The number of nitrogens with one attached hydrogen (secondary N) is 5. The molecule has 0 aliphatic heterocycles. The first-order valence-corrected chi connectivity index (χ1v) is 41.6. The highest BCUT2D eigenvalue weighted by Crippen LogP contribution is 2.58. The molecular weight excluding hydrogens is 1740 g/mol. The van der Waals surface area contributed by atoms with Gasteiger partial charge in [0.15, 0.2) is 28.2 Å². The first kappa shape index (κ1) is 104. The van der Waals surface area contributed by atoms with Crippen molar-refractivity contribution in [2.24, 2.45) is 41.1 Å². The van der Waals surface area contributed by atoms with Gasteiger partial charge in [-0.1, -0.05) is 81.5 Å². The molecule has 2 aromatic carbocycles. The third-order valence-corrected chi connectivity index (χ3v) is 24.2. The summed E-state index contributed by atoms with van der Waals surface area (Å²) in [4.78, 5) is 23.6. The molecule has 0 bridgehead atoms. The molecule has 124 heavy (non-hydrogen) atoms. The van der Waals surface area contributed by atoms with Crippen LogP contribution in [0.4, 0.5) is 29.1 Å². The van der Waals surface area contributed by atoms with Crippen LogP contribution in [0.3, 0.4) is 0 Å². The van der Waals surface area contributed by atoms with Gasteiger partial charge in [0.25, 0.3) is 0 Å². The lowest BCUT2D eigenvalue weighted by molar-refractivity contribution is 0.437. The molecule has 11 heterocycles. The maximum absolute atomic E-state index is 6.06. The molecule has 8 fully saturated rings. The molecule has 8 saturated carbocycles. The van der Waals surface area contributed by atoms with Gasteiger partial charge in [-0.2, -0.15) is 188 Å². The quantitative estimate of drug-likeness (QED) is 0.0426. The zero-order chi connectivity index (χ0) is 77.8. The van der Waals surface area contributed by atoms with Gasteiger partial charge >= 0.3 is 0 Å². The van der Waals surface area contributed by atoms with E-state index in [0.29, 0.717) is 71.6 Å². The third-order valence-electron chi connectivity index (χ3n) is 24.2. The fourth-order valence-electron chi connectivity index (χ4n) is 17.6. The summed E-state index contributed by atoms with van der Waals surface area (Å²) in [6.45, 7) is 4.62. The number of aromatic nitrogens is 17. The molecule has 8 aliphatic carbocycles. The van der Waals surface area contributed by atoms with Crippen molar-refractivity contribution in [2.75, 3.05) is 26.6 Å². The molecule has 15 N–H and O–H groups in total. The third kappa shape index (κ3) is 25.8. The molecule has 0 amide bonds. The number of anilines is 5. The zero-order valence-corrected chi connectivity index (χ0v) is 80.8. The molecule has 37 heteroatoms. The van der Waals surface area contributed by atoms with E-state index in [4.69, 9.17) is 43.6 Å². The van der Waals surface area contributed by atoms with Crippen molar-refractivity contribution < 1.29 is 0 Å². The Bertz CT molecular complexity index is 5530. The van der Waals surface area contributed by atoms with Crippen LogP contribution >= 0.6 is 135 Å². The lowest BCUT2D eigenvalue weighted by Crippen LogP contribution is -2.22. The Morgan fingerprint density at radius 3 is 1.11 bits per heavy atom. The smallest absolute Gasteiger partial charge is 0.158 e. The molecule has 11 aromatic heterocycles. The number of benzene rings is 2. The normalized spacial score (nSPS) is 22.3. The summed E-state index contributed by atoms with van der Waals surface area (Å²) in [5.74, 6) is 13.3. The Labute approximate surface area is 797 Å². The number of fused-ring (bicyclic) bond motifs is 5. The van der Waals surface area contributed by atoms with Crippen LogP contribution in [0.25, 0.3) is 50.9 Å². The van der Waals surface area contributed by atoms with Gasteiger partial charge in [-0.25, -0.2) is 24.9 Å². The summed E-state index contributed by atoms with van der Waals surface area (Å²) >= 11 is 0. The molecule has 0 radical (unpaired) electrons. The lowest BCUT2D eigenvalue weighted by atomic mass is 9.87. The van der Waals surface area contributed by atoms with Crippen molar-refractivity contribution >= 4 is 192 Å². The number of nitrogens with two attached hydrogens (primary N) is 5. The average molecular weight is 1870 g/mol. The van der Waals surface area contributed by atoms with Gasteiger partial charge in [-0.15, -0.1) is 0 Å². The van der Waals surface area contributed by atoms with E-state index in [2.05, 4.69) is 135 Å². The summed E-state index contributed by atoms with van der Waals surface area (Å²) in [6.07, 6.45) is 37.4. The number of hydrogen-bond donors (Lipinski definition) is 10. The molecule has 0 saturated heterocycles. The van der Waals surface area contributed by atoms with E-state index in [1.807, 2.05) is 127 Å². The molecule has 8 aliphatic rings. The van der Waals surface area contributed by atoms with Crippen molar-refractivity contribution in [2.45, 2.75) is 240 Å². The molecule has 11 atom stereocenters. The van der Waals surface area contributed by atoms with Crippen LogP contribution in [-0.2, 0) is 7.05 Å². The summed E-state index contributed by atoms with van der Waals surface area (Å²) in [5, 5.41) is 44.4. The monoisotopic (exact) mass is 1870 g/mol. The van der Waals surface area contributed by atoms with E-state index < -0.39 is 0 Å². The predicted octanol–water partition coefficient (Wildman–Crippen LogP) is 14.1. The maximum Gasteiger partial charge on any atom is 0.158 e. The van der Waals surface area contributed by atoms with E-state index in [1.54, 1.807) is 23.3 Å². The van der Waals surface area contributed by atoms with Crippen molar-refractivity contribution in [1.82, 2.24) is 82.8 Å². The first-order valence-electron chi connectivity index (χ1n) is 41.6. The minimum atomic E-state index is 0. The van der Waals surface area contributed by atoms with E-state index >= 15 is 0 Å². The Hall–Kier alpha value is -7.39. The molecular formula is C87H129N27S10. The highest BCUT2D eigenvalue weighted by Gasteiger charge is 2.48. The van der Waals surface area contributed by atoms with Crippen LogP contribution in [0.1, 0.15) is 207 Å². The van der Waals surface area contributed by atoms with Crippen LogP contribution in [0.15, 0.2) is 159 Å². The van der Waals surface area contributed by atoms with Gasteiger partial charge in [0, 0.05) is 163 Å². The van der Waals surface area contributed by atoms with Crippen molar-refractivity contribution in [3.05, 3.63) is 187 Å². The standard InChI is InChI=1S/C20H23N5.C19H19N5.C17H25N5.C16H23N5.C15H19N7.10H2S/c21-16-7-8-17(11-16)23-20-12-18(24-19-9-10-22-25(19)20)15-5-3-14(4-6-15)13-1-2-13;20-15-7-9-16(12-15)23-19-13-17(22-18-10-11-21-24(18)19)8-6-14-4-2-1-3-5-14;18-13-6-7-14(10-13)20-17-11-15(12-4-2-1-3-5-12)21-16-8-9-19-22(16)17;1-16(2)9-12(16)13-8-15(19-11-4-3-10(17)7-11)21-14(20-13)5-6-18-21;1-21-7-5-12(20-21)13-9-15(18-11-3-2-10(16)8-11)22-14(19-13)4-6-17-22;;;;;;;;;;/h3-6,9-10,12-13,16-17,23H,1-2,7-8,11,21H2;1-5,10-11,13,15-16,23H,7,9,12,20H2;8-9,11-14,20H,1-7,10,18H2;5-6,8,10-12,19H,3-4,7,9,17H2,1-2H3;4-7,9-11,18H,2-3,8,16H2,1H3;10*1H2/t16-,17-;15-,16-;13-,14-;10-,11-,12?;10-,11-;;;;;;;;;;/m00000........../s1. The van der Waals surface area contributed by atoms with Gasteiger partial charge < -0.3 is 55.3 Å². The zero-order valence-electron chi connectivity index (χ0n) is 70.8. The van der Waals surface area contributed by atoms with Crippen LogP contribution in [0.5, 0.6) is 0 Å². The SMILES string of the molecule is CC1(C)CC1c1cc(N[C@H]2CC[C@H](N)C2)n2nccc2n1.Cn1ccc(-c2cc(N[C@H]3CC[C@H](N)C3)n3nccc3n2)n1.N[C@H]1CC[C@H](Nc2cc(-c3ccc(C4CC4)cc3)nc3ccnn23)C1.N[C@H]1CC[C@H](Nc2cc(C#Cc3ccccc3)nc3ccnn23)C1.N[C@H]1CC[C@H](Nc2cc(C3CCCCC3)nc3ccnn23)C1.S.S.S.S.S.S.S.S.S.S. The summed E-state index contributed by atoms with van der Waals surface area (Å²) < 4.78 is 11.1. The number of nitrogens with zero attached hydrogens (tertiary/aromatic N) is 17. The highest BCUT2D eigenvalue weighted by atomic mass is 32.1. The largest absolute Gasteiger partial charge is 0.367 e. The molecule has 27 nitrogen and oxygen atoms in total. The van der Waals surface area contributed by atoms with Crippen molar-refractivity contribution in [3.63, 3.8) is 0 Å². The minimum Gasteiger partial charge on any atom is -0.367 e. The number of aryl methyl sites for hydroxylation is 1. The second-order valence-electron chi connectivity index (χ2n) is 33.8. The van der Waals surface area contributed by atoms with E-state index in [-0.39, 0.29) is 141 Å². The van der Waals surface area contributed by atoms with E-state index in [1.165, 1.54) is 68.3 Å². The van der Waals surface area contributed by atoms with Gasteiger partial charge in [-0.05, 0) is 169 Å². The average Bonchev–Trinajstić information content (AvgIpc) is 1.59. The lowest BCUT2D eigenvalue weighted by Gasteiger charge is -2.22. The number of hydrogen-bond acceptors (Lipinski definition) is 21. The number of rotatable bonds is 15. The Morgan fingerprint density at radius 2 is 0.726 bits per heavy atom. The van der Waals surface area contributed by atoms with Crippen LogP contribution in [0, 0.1) is 17.3 Å². The molecule has 13 aromatic rings. The maximum atomic E-state index is 6.06. The molecule has 1 unspecified atom stereocenters. The summed E-state index contributed by atoms with van der Waals surface area (Å²) in [7, 11) is 1.90. The van der Waals surface area contributed by atoms with Gasteiger partial charge in [0.2, 0.25) is 0 Å². The minimum absolute atomic E-state index is 0. The summed E-state index contributed by atoms with van der Waals surface area (Å²) in [5.41, 5.74) is 44.3. The summed E-state index contributed by atoms with van der Waals surface area (Å²) in [6, 6.07) is 44.6. The van der Waals surface area contributed by atoms with Crippen LogP contribution in [-0.4, -0.2) is 143 Å². The topological polar surface area (TPSA) is 359 Å². The van der Waals surface area contributed by atoms with Crippen LogP contribution < -0.4 is 55.3 Å². The van der Waals surface area contributed by atoms with Gasteiger partial charge in [0.1, 0.15) is 40.5 Å². The second kappa shape index (κ2) is 47.1. The molecule has 672 valence electrons. The fourth-order valence-corrected chi connectivity index (χ4v) is 17.6. The second-order valence-corrected chi connectivity index (χ2v) is 33.8. The van der Waals surface area contributed by atoms with Crippen LogP contribution in [0.2, 0.25) is 0 Å². The van der Waals surface area contributed by atoms with Crippen molar-refractivity contribution in [3.8, 4) is 34.5 Å². The highest BCUT2D eigenvalue weighted by molar-refractivity contribution is 7.60. The van der Waals surface area contributed by atoms with Gasteiger partial charge in [0.05, 0.1) is 48.1 Å². The van der Waals surface area contributed by atoms with E-state index in [9.17, 15) is 0 Å². The van der Waals surface area contributed by atoms with E-state index in [0.717, 1.165) is 193 Å². The predicted molar refractivity (Wildman–Crippen MR) is 554 cm³/mol. The van der Waals surface area contributed by atoms with Crippen molar-refractivity contribution in [1.29, 1.82) is 0 Å². The van der Waals surface area contributed by atoms with Gasteiger partial charge in [-0.3, -0.25) is 4.68 Å². The Morgan fingerprint density at radius 1 is 0.355 bits per heavy atom. The first-order chi connectivity index (χ1) is 55.5. The Kier molecular flexibility index (Phi) is 39.4. The fraction of sp³-hybridized carbons (Fsp3) is 0.460. The Balaban J connectivity index is 0.000000209. The molecule has 0 spiro atoms. The molecule has 21 rings (SSSR count).